The number of ether oxygens (including phenoxy) is 1. The molecule has 148 valence electrons. The molecule has 2 aromatic rings. The Balaban J connectivity index is 1.67. The van der Waals surface area contributed by atoms with E-state index in [0.717, 1.165) is 18.7 Å². The number of nitrogens with zero attached hydrogens (tertiary/aromatic N) is 2. The Labute approximate surface area is 167 Å². The summed E-state index contributed by atoms with van der Waals surface area (Å²) in [7, 11) is 0. The van der Waals surface area contributed by atoms with E-state index in [1.807, 2.05) is 24.3 Å². The highest BCUT2D eigenvalue weighted by atomic mass is 35.5. The van der Waals surface area contributed by atoms with E-state index < -0.39 is 11.0 Å². The number of nitro benzene ring substituents is 1. The van der Waals surface area contributed by atoms with Crippen molar-refractivity contribution < 1.29 is 14.5 Å². The van der Waals surface area contributed by atoms with Gasteiger partial charge in [-0.15, -0.1) is 0 Å². The molecule has 2 amide bonds. The number of benzene rings is 2. The second kappa shape index (κ2) is 9.50. The zero-order chi connectivity index (χ0) is 19.9. The molecule has 1 aliphatic heterocycles. The first-order valence-corrected chi connectivity index (χ1v) is 9.28. The Morgan fingerprint density at radius 1 is 1.21 bits per heavy atom. The molecule has 9 heteroatoms. The summed E-state index contributed by atoms with van der Waals surface area (Å²) in [5, 5.41) is 17.0. The molecule has 0 radical (unpaired) electrons. The summed E-state index contributed by atoms with van der Waals surface area (Å²) in [5.74, 6) is 0. The summed E-state index contributed by atoms with van der Waals surface area (Å²) >= 11 is 6.38. The van der Waals surface area contributed by atoms with Crippen molar-refractivity contribution in [2.45, 2.75) is 6.04 Å². The maximum absolute atomic E-state index is 12.3. The molecule has 0 aliphatic carbocycles. The average molecular weight is 405 g/mol. The number of morpholine rings is 1. The average Bonchev–Trinajstić information content (AvgIpc) is 2.70. The number of nitrogens with one attached hydrogen (secondary N) is 2. The maximum atomic E-state index is 12.3. The van der Waals surface area contributed by atoms with Crippen LogP contribution in [0, 0.1) is 10.1 Å². The lowest BCUT2D eigenvalue weighted by Crippen LogP contribution is -2.44. The molecule has 1 saturated heterocycles. The summed E-state index contributed by atoms with van der Waals surface area (Å²) < 4.78 is 5.42. The van der Waals surface area contributed by atoms with E-state index >= 15 is 0 Å². The summed E-state index contributed by atoms with van der Waals surface area (Å²) in [4.78, 5) is 24.9. The summed E-state index contributed by atoms with van der Waals surface area (Å²) in [6.07, 6.45) is 0. The molecule has 1 unspecified atom stereocenters. The van der Waals surface area contributed by atoms with Gasteiger partial charge < -0.3 is 15.4 Å². The summed E-state index contributed by atoms with van der Waals surface area (Å²) in [5.41, 5.74) is 1.20. The molecule has 0 aromatic heterocycles. The highest BCUT2D eigenvalue weighted by Gasteiger charge is 2.24. The minimum atomic E-state index is -0.505. The van der Waals surface area contributed by atoms with Gasteiger partial charge in [0.25, 0.3) is 5.69 Å². The number of rotatable bonds is 6. The van der Waals surface area contributed by atoms with E-state index in [-0.39, 0.29) is 11.7 Å². The number of nitro groups is 1. The Morgan fingerprint density at radius 2 is 1.96 bits per heavy atom. The fourth-order valence-corrected chi connectivity index (χ4v) is 3.39. The van der Waals surface area contributed by atoms with E-state index in [4.69, 9.17) is 16.3 Å². The van der Waals surface area contributed by atoms with Crippen LogP contribution in [-0.4, -0.2) is 48.7 Å². The molecule has 2 aromatic carbocycles. The van der Waals surface area contributed by atoms with Crippen molar-refractivity contribution in [1.29, 1.82) is 0 Å². The normalized spacial score (nSPS) is 15.6. The zero-order valence-electron chi connectivity index (χ0n) is 15.1. The van der Waals surface area contributed by atoms with Crippen LogP contribution in [0.2, 0.25) is 5.02 Å². The van der Waals surface area contributed by atoms with E-state index in [2.05, 4.69) is 15.5 Å². The smallest absolute Gasteiger partial charge is 0.319 e. The van der Waals surface area contributed by atoms with Crippen molar-refractivity contribution in [3.05, 3.63) is 69.2 Å². The van der Waals surface area contributed by atoms with Gasteiger partial charge in [0.15, 0.2) is 0 Å². The molecule has 8 nitrogen and oxygen atoms in total. The van der Waals surface area contributed by atoms with Gasteiger partial charge in [-0.1, -0.05) is 35.9 Å². The topological polar surface area (TPSA) is 96.7 Å². The minimum Gasteiger partial charge on any atom is -0.379 e. The number of hydrogen-bond acceptors (Lipinski definition) is 5. The van der Waals surface area contributed by atoms with Gasteiger partial charge in [-0.25, -0.2) is 4.79 Å². The van der Waals surface area contributed by atoms with Crippen LogP contribution >= 0.6 is 11.6 Å². The van der Waals surface area contributed by atoms with E-state index in [9.17, 15) is 14.9 Å². The van der Waals surface area contributed by atoms with Gasteiger partial charge in [0.2, 0.25) is 0 Å². The number of anilines is 1. The third kappa shape index (κ3) is 5.19. The Hall–Kier alpha value is -2.68. The number of amides is 2. The Morgan fingerprint density at radius 3 is 2.68 bits per heavy atom. The number of non-ortho nitro benzene ring substituents is 1. The highest BCUT2D eigenvalue weighted by molar-refractivity contribution is 6.31. The van der Waals surface area contributed by atoms with Crippen LogP contribution in [0.1, 0.15) is 11.6 Å². The van der Waals surface area contributed by atoms with Crippen LogP contribution in [0.25, 0.3) is 0 Å². The van der Waals surface area contributed by atoms with Crippen molar-refractivity contribution in [2.24, 2.45) is 0 Å². The fourth-order valence-electron chi connectivity index (χ4n) is 3.13. The number of halogens is 1. The van der Waals surface area contributed by atoms with Crippen LogP contribution in [0.15, 0.2) is 48.5 Å². The number of urea groups is 1. The largest absolute Gasteiger partial charge is 0.379 e. The van der Waals surface area contributed by atoms with E-state index in [1.54, 1.807) is 6.07 Å². The van der Waals surface area contributed by atoms with Gasteiger partial charge in [0.1, 0.15) is 0 Å². The molecule has 1 aliphatic rings. The van der Waals surface area contributed by atoms with Gasteiger partial charge in [0.05, 0.1) is 24.2 Å². The van der Waals surface area contributed by atoms with Crippen LogP contribution in [0.4, 0.5) is 16.2 Å². The summed E-state index contributed by atoms with van der Waals surface area (Å²) in [6.45, 7) is 3.07. The third-order valence-corrected chi connectivity index (χ3v) is 4.87. The Kier molecular flexibility index (Phi) is 6.80. The highest BCUT2D eigenvalue weighted by Crippen LogP contribution is 2.27. The molecule has 0 spiro atoms. The van der Waals surface area contributed by atoms with Crippen molar-refractivity contribution in [3.63, 3.8) is 0 Å². The quantitative estimate of drug-likeness (QED) is 0.567. The van der Waals surface area contributed by atoms with Gasteiger partial charge >= 0.3 is 6.03 Å². The van der Waals surface area contributed by atoms with E-state index in [1.165, 1.54) is 18.2 Å². The van der Waals surface area contributed by atoms with Crippen LogP contribution in [0.5, 0.6) is 0 Å². The van der Waals surface area contributed by atoms with Gasteiger partial charge in [0, 0.05) is 42.5 Å². The lowest BCUT2D eigenvalue weighted by Gasteiger charge is -2.35. The monoisotopic (exact) mass is 404 g/mol. The predicted octanol–water partition coefficient (Wildman–Crippen LogP) is 3.44. The van der Waals surface area contributed by atoms with Gasteiger partial charge in [-0.05, 0) is 17.7 Å². The lowest BCUT2D eigenvalue weighted by molar-refractivity contribution is -0.384. The SMILES string of the molecule is O=C(NCC(c1ccccc1Cl)N1CCOCC1)Nc1cccc([N+](=O)[O-])c1. The molecule has 3 rings (SSSR count). The molecule has 1 heterocycles. The second-order valence-electron chi connectivity index (χ2n) is 6.33. The first-order valence-electron chi connectivity index (χ1n) is 8.90. The molecule has 2 N–H and O–H groups in total. The van der Waals surface area contributed by atoms with Crippen LogP contribution < -0.4 is 10.6 Å². The molecular formula is C19H21ClN4O4. The molecule has 0 bridgehead atoms. The van der Waals surface area contributed by atoms with Crippen molar-refractivity contribution in [3.8, 4) is 0 Å². The second-order valence-corrected chi connectivity index (χ2v) is 6.74. The standard InChI is InChI=1S/C19H21ClN4O4/c20-17-7-2-1-6-16(17)18(23-8-10-28-11-9-23)13-21-19(25)22-14-4-3-5-15(12-14)24(26)27/h1-7,12,18H,8-11,13H2,(H2,21,22,25). The minimum absolute atomic E-state index is 0.0833. The van der Waals surface area contributed by atoms with Gasteiger partial charge in [-0.2, -0.15) is 0 Å². The van der Waals surface area contributed by atoms with Crippen LogP contribution in [0.3, 0.4) is 0 Å². The number of carbonyl (C=O) groups is 1. The van der Waals surface area contributed by atoms with Gasteiger partial charge in [-0.3, -0.25) is 15.0 Å². The lowest BCUT2D eigenvalue weighted by atomic mass is 10.0. The fraction of sp³-hybridized carbons (Fsp3) is 0.316. The third-order valence-electron chi connectivity index (χ3n) is 4.52. The molecular weight excluding hydrogens is 384 g/mol. The van der Waals surface area contributed by atoms with Crippen molar-refractivity contribution in [2.75, 3.05) is 38.2 Å². The maximum Gasteiger partial charge on any atom is 0.319 e. The molecule has 1 atom stereocenters. The molecule has 28 heavy (non-hydrogen) atoms. The predicted molar refractivity (Wildman–Crippen MR) is 107 cm³/mol. The van der Waals surface area contributed by atoms with E-state index in [0.29, 0.717) is 30.5 Å². The first-order chi connectivity index (χ1) is 13.5. The van der Waals surface area contributed by atoms with Crippen molar-refractivity contribution >= 4 is 29.0 Å². The van der Waals surface area contributed by atoms with Crippen molar-refractivity contribution in [1.82, 2.24) is 10.2 Å². The molecule has 0 saturated carbocycles. The Bertz CT molecular complexity index is 842. The number of carbonyl (C=O) groups excluding carboxylic acids is 1. The molecule has 1 fully saturated rings. The van der Waals surface area contributed by atoms with Crippen LogP contribution in [-0.2, 0) is 4.74 Å². The first kappa shape index (κ1) is 20.1. The summed E-state index contributed by atoms with van der Waals surface area (Å²) in [6, 6.07) is 12.8. The number of hydrogen-bond donors (Lipinski definition) is 2. The zero-order valence-corrected chi connectivity index (χ0v) is 15.9.